The second kappa shape index (κ2) is 6.10. The highest BCUT2D eigenvalue weighted by Gasteiger charge is 2.22. The number of benzene rings is 1. The number of amides is 1. The minimum Gasteiger partial charge on any atom is -0.497 e. The molecule has 1 fully saturated rings. The van der Waals surface area contributed by atoms with Crippen LogP contribution in [0.4, 0.5) is 0 Å². The molecule has 5 nitrogen and oxygen atoms in total. The number of rotatable bonds is 3. The Hall–Kier alpha value is -2.22. The zero-order valence-electron chi connectivity index (χ0n) is 10.8. The Morgan fingerprint density at radius 3 is 2.84 bits per heavy atom. The fourth-order valence-electron chi connectivity index (χ4n) is 2.01. The molecule has 5 heteroatoms. The van der Waals surface area contributed by atoms with Crippen LogP contribution in [0.1, 0.15) is 24.8 Å². The zero-order chi connectivity index (χ0) is 13.7. The second-order valence-corrected chi connectivity index (χ2v) is 4.40. The van der Waals surface area contributed by atoms with Crippen molar-refractivity contribution in [1.82, 2.24) is 5.32 Å². The highest BCUT2D eigenvalue weighted by Crippen LogP contribution is 2.24. The Morgan fingerprint density at radius 2 is 2.11 bits per heavy atom. The quantitative estimate of drug-likeness (QED) is 0.896. The monoisotopic (exact) mass is 260 g/mol. The third-order valence-corrected chi connectivity index (χ3v) is 3.01. The van der Waals surface area contributed by atoms with Crippen LogP contribution >= 0.6 is 0 Å². The van der Waals surface area contributed by atoms with Gasteiger partial charge in [-0.3, -0.25) is 4.79 Å². The fraction of sp³-hybridized carbons (Fsp3) is 0.429. The van der Waals surface area contributed by atoms with E-state index in [0.717, 1.165) is 12.8 Å². The number of nitrogens with zero attached hydrogens (tertiary/aromatic N) is 1. The summed E-state index contributed by atoms with van der Waals surface area (Å²) in [5.74, 6) is 0.930. The number of nitrogens with one attached hydrogen (secondary N) is 1. The summed E-state index contributed by atoms with van der Waals surface area (Å²) in [6.07, 6.45) is 2.09. The summed E-state index contributed by atoms with van der Waals surface area (Å²) < 4.78 is 10.8. The molecule has 1 aromatic rings. The summed E-state index contributed by atoms with van der Waals surface area (Å²) in [6.45, 7) is 0.695. The van der Waals surface area contributed by atoms with E-state index < -0.39 is 6.10 Å². The third-order valence-electron chi connectivity index (χ3n) is 3.01. The lowest BCUT2D eigenvalue weighted by Gasteiger charge is -2.16. The Morgan fingerprint density at radius 1 is 1.32 bits per heavy atom. The minimum absolute atomic E-state index is 0.0983. The van der Waals surface area contributed by atoms with Gasteiger partial charge in [0.2, 0.25) is 0 Å². The van der Waals surface area contributed by atoms with Crippen molar-refractivity contribution in [2.24, 2.45) is 0 Å². The SMILES string of the molecule is COc1cc(C#N)cc(OC2CCCCNC2=O)c1. The first-order valence-corrected chi connectivity index (χ1v) is 6.26. The highest BCUT2D eigenvalue weighted by molar-refractivity contribution is 5.81. The molecular formula is C14H16N2O3. The average Bonchev–Trinajstić information content (AvgIpc) is 2.63. The van der Waals surface area contributed by atoms with E-state index in [0.29, 0.717) is 30.0 Å². The molecule has 1 aliphatic heterocycles. The molecule has 1 saturated heterocycles. The van der Waals surface area contributed by atoms with Crippen molar-refractivity contribution in [2.45, 2.75) is 25.4 Å². The van der Waals surface area contributed by atoms with Crippen LogP contribution < -0.4 is 14.8 Å². The number of carbonyl (C=O) groups is 1. The van der Waals surface area contributed by atoms with Crippen LogP contribution in [-0.2, 0) is 4.79 Å². The van der Waals surface area contributed by atoms with E-state index in [1.165, 1.54) is 7.11 Å². The van der Waals surface area contributed by atoms with Crippen molar-refractivity contribution in [3.8, 4) is 17.6 Å². The molecule has 19 heavy (non-hydrogen) atoms. The first kappa shape index (κ1) is 13.2. The Kier molecular flexibility index (Phi) is 4.24. The van der Waals surface area contributed by atoms with Crippen LogP contribution in [0.5, 0.6) is 11.5 Å². The maximum absolute atomic E-state index is 11.8. The van der Waals surface area contributed by atoms with E-state index in [2.05, 4.69) is 5.32 Å². The van der Waals surface area contributed by atoms with Crippen LogP contribution in [0.15, 0.2) is 18.2 Å². The number of carbonyl (C=O) groups excluding carboxylic acids is 1. The van der Waals surface area contributed by atoms with Crippen LogP contribution in [-0.4, -0.2) is 25.7 Å². The van der Waals surface area contributed by atoms with Gasteiger partial charge in [-0.2, -0.15) is 5.26 Å². The molecule has 1 aliphatic rings. The van der Waals surface area contributed by atoms with Gasteiger partial charge in [0, 0.05) is 12.6 Å². The highest BCUT2D eigenvalue weighted by atomic mass is 16.5. The molecule has 0 spiro atoms. The molecule has 1 N–H and O–H groups in total. The molecule has 1 unspecified atom stereocenters. The standard InChI is InChI=1S/C14H16N2O3/c1-18-11-6-10(9-15)7-12(8-11)19-13-4-2-3-5-16-14(13)17/h6-8,13H,2-5H2,1H3,(H,16,17). The van der Waals surface area contributed by atoms with Gasteiger partial charge in [0.25, 0.3) is 5.91 Å². The van der Waals surface area contributed by atoms with Crippen molar-refractivity contribution < 1.29 is 14.3 Å². The first-order chi connectivity index (χ1) is 9.22. The normalized spacial score (nSPS) is 18.9. The molecule has 1 atom stereocenters. The van der Waals surface area contributed by atoms with E-state index in [1.54, 1.807) is 18.2 Å². The number of methoxy groups -OCH3 is 1. The summed E-state index contributed by atoms with van der Waals surface area (Å²) >= 11 is 0. The lowest BCUT2D eigenvalue weighted by atomic mass is 10.1. The number of ether oxygens (including phenoxy) is 2. The number of hydrogen-bond acceptors (Lipinski definition) is 4. The van der Waals surface area contributed by atoms with Gasteiger partial charge >= 0.3 is 0 Å². The summed E-state index contributed by atoms with van der Waals surface area (Å²) in [6, 6.07) is 6.96. The summed E-state index contributed by atoms with van der Waals surface area (Å²) in [7, 11) is 1.53. The van der Waals surface area contributed by atoms with Gasteiger partial charge in [0.15, 0.2) is 6.10 Å². The summed E-state index contributed by atoms with van der Waals surface area (Å²) in [5.41, 5.74) is 0.448. The smallest absolute Gasteiger partial charge is 0.261 e. The predicted molar refractivity (Wildman–Crippen MR) is 69.0 cm³/mol. The lowest BCUT2D eigenvalue weighted by Crippen LogP contribution is -2.36. The number of hydrogen-bond donors (Lipinski definition) is 1. The molecule has 0 aromatic heterocycles. The molecule has 2 rings (SSSR count). The van der Waals surface area contributed by atoms with Gasteiger partial charge in [-0.15, -0.1) is 0 Å². The lowest BCUT2D eigenvalue weighted by molar-refractivity contribution is -0.127. The molecule has 0 bridgehead atoms. The number of nitriles is 1. The van der Waals surface area contributed by atoms with E-state index in [1.807, 2.05) is 6.07 Å². The largest absolute Gasteiger partial charge is 0.497 e. The summed E-state index contributed by atoms with van der Waals surface area (Å²) in [4.78, 5) is 11.8. The van der Waals surface area contributed by atoms with Crippen molar-refractivity contribution in [2.75, 3.05) is 13.7 Å². The fourth-order valence-corrected chi connectivity index (χ4v) is 2.01. The van der Waals surface area contributed by atoms with Gasteiger partial charge in [-0.25, -0.2) is 0 Å². The summed E-state index contributed by atoms with van der Waals surface area (Å²) in [5, 5.41) is 11.8. The van der Waals surface area contributed by atoms with Gasteiger partial charge in [0.1, 0.15) is 11.5 Å². The zero-order valence-corrected chi connectivity index (χ0v) is 10.8. The predicted octanol–water partition coefficient (Wildman–Crippen LogP) is 1.61. The molecule has 0 aliphatic carbocycles. The molecule has 1 aromatic carbocycles. The van der Waals surface area contributed by atoms with Gasteiger partial charge in [-0.1, -0.05) is 0 Å². The van der Waals surface area contributed by atoms with E-state index in [-0.39, 0.29) is 5.91 Å². The van der Waals surface area contributed by atoms with Crippen LogP contribution in [0, 0.1) is 11.3 Å². The van der Waals surface area contributed by atoms with Crippen molar-refractivity contribution in [3.63, 3.8) is 0 Å². The van der Waals surface area contributed by atoms with Gasteiger partial charge in [0.05, 0.1) is 18.7 Å². The third kappa shape index (κ3) is 3.38. The molecule has 0 radical (unpaired) electrons. The minimum atomic E-state index is -0.499. The molecule has 1 heterocycles. The maximum Gasteiger partial charge on any atom is 0.261 e. The molecular weight excluding hydrogens is 244 g/mol. The Bertz CT molecular complexity index is 508. The van der Waals surface area contributed by atoms with Gasteiger partial charge in [-0.05, 0) is 31.4 Å². The second-order valence-electron chi connectivity index (χ2n) is 4.40. The van der Waals surface area contributed by atoms with E-state index in [4.69, 9.17) is 14.7 Å². The van der Waals surface area contributed by atoms with Gasteiger partial charge < -0.3 is 14.8 Å². The van der Waals surface area contributed by atoms with Crippen molar-refractivity contribution in [3.05, 3.63) is 23.8 Å². The van der Waals surface area contributed by atoms with Crippen molar-refractivity contribution >= 4 is 5.91 Å². The Labute approximate surface area is 112 Å². The van der Waals surface area contributed by atoms with Crippen molar-refractivity contribution in [1.29, 1.82) is 5.26 Å². The molecule has 0 saturated carbocycles. The van der Waals surface area contributed by atoms with E-state index in [9.17, 15) is 4.79 Å². The van der Waals surface area contributed by atoms with Crippen LogP contribution in [0.2, 0.25) is 0 Å². The Balaban J connectivity index is 2.17. The maximum atomic E-state index is 11.8. The van der Waals surface area contributed by atoms with Crippen LogP contribution in [0.3, 0.4) is 0 Å². The molecule has 100 valence electrons. The van der Waals surface area contributed by atoms with E-state index >= 15 is 0 Å². The average molecular weight is 260 g/mol. The topological polar surface area (TPSA) is 71.3 Å². The molecule has 1 amide bonds. The first-order valence-electron chi connectivity index (χ1n) is 6.26. The van der Waals surface area contributed by atoms with Crippen LogP contribution in [0.25, 0.3) is 0 Å².